The standard InChI is InChI=1S/C12H23NO3S/c1-10(14)11-5-7-13(8-6-11)17(15,16)9-12(2,3)4/h11H,5-9H2,1-4H3. The zero-order valence-corrected chi connectivity index (χ0v) is 12.0. The van der Waals surface area contributed by atoms with Crippen LogP contribution >= 0.6 is 0 Å². The molecular formula is C12H23NO3S. The van der Waals surface area contributed by atoms with Crippen molar-refractivity contribution in [3.63, 3.8) is 0 Å². The lowest BCUT2D eigenvalue weighted by Gasteiger charge is -2.32. The summed E-state index contributed by atoms with van der Waals surface area (Å²) in [5, 5.41) is 0. The second-order valence-electron chi connectivity index (χ2n) is 6.10. The highest BCUT2D eigenvalue weighted by Gasteiger charge is 2.32. The smallest absolute Gasteiger partial charge is 0.214 e. The number of Topliss-reactive ketones (excluding diaryl/α,β-unsaturated/α-hetero) is 1. The molecule has 0 amide bonds. The van der Waals surface area contributed by atoms with Gasteiger partial charge in [-0.3, -0.25) is 4.79 Å². The molecule has 0 N–H and O–H groups in total. The predicted octanol–water partition coefficient (Wildman–Crippen LogP) is 1.66. The van der Waals surface area contributed by atoms with E-state index in [4.69, 9.17) is 0 Å². The molecule has 1 fully saturated rings. The van der Waals surface area contributed by atoms with Gasteiger partial charge < -0.3 is 0 Å². The molecule has 100 valence electrons. The maximum atomic E-state index is 12.1. The number of rotatable bonds is 3. The highest BCUT2D eigenvalue weighted by atomic mass is 32.2. The Hall–Kier alpha value is -0.420. The third-order valence-corrected chi connectivity index (χ3v) is 5.42. The summed E-state index contributed by atoms with van der Waals surface area (Å²) in [6, 6.07) is 0. The van der Waals surface area contributed by atoms with Crippen molar-refractivity contribution in [2.45, 2.75) is 40.5 Å². The van der Waals surface area contributed by atoms with E-state index in [1.807, 2.05) is 20.8 Å². The lowest BCUT2D eigenvalue weighted by Crippen LogP contribution is -2.43. The molecule has 1 heterocycles. The fraction of sp³-hybridized carbons (Fsp3) is 0.917. The molecule has 0 aromatic rings. The molecule has 1 saturated heterocycles. The van der Waals surface area contributed by atoms with E-state index in [1.165, 1.54) is 4.31 Å². The Morgan fingerprint density at radius 1 is 1.24 bits per heavy atom. The zero-order chi connectivity index (χ0) is 13.3. The Bertz CT molecular complexity index is 373. The monoisotopic (exact) mass is 261 g/mol. The van der Waals surface area contributed by atoms with Crippen LogP contribution in [0.3, 0.4) is 0 Å². The van der Waals surface area contributed by atoms with Gasteiger partial charge in [-0.2, -0.15) is 0 Å². The SMILES string of the molecule is CC(=O)C1CCN(S(=O)(=O)CC(C)(C)C)CC1. The molecule has 0 aromatic heterocycles. The van der Waals surface area contributed by atoms with Crippen molar-refractivity contribution < 1.29 is 13.2 Å². The third-order valence-electron chi connectivity index (χ3n) is 3.04. The number of nitrogens with zero attached hydrogens (tertiary/aromatic N) is 1. The summed E-state index contributed by atoms with van der Waals surface area (Å²) in [5.41, 5.74) is -0.226. The summed E-state index contributed by atoms with van der Waals surface area (Å²) >= 11 is 0. The van der Waals surface area contributed by atoms with Gasteiger partial charge in [-0.15, -0.1) is 0 Å². The maximum absolute atomic E-state index is 12.1. The van der Waals surface area contributed by atoms with E-state index in [9.17, 15) is 13.2 Å². The first kappa shape index (κ1) is 14.6. The summed E-state index contributed by atoms with van der Waals surface area (Å²) in [7, 11) is -3.17. The van der Waals surface area contributed by atoms with Gasteiger partial charge >= 0.3 is 0 Å². The molecule has 0 aromatic carbocycles. The third kappa shape index (κ3) is 4.39. The largest absolute Gasteiger partial charge is 0.300 e. The molecule has 0 radical (unpaired) electrons. The summed E-state index contributed by atoms with van der Waals surface area (Å²) in [6.07, 6.45) is 1.33. The van der Waals surface area contributed by atoms with Crippen LogP contribution in [0.15, 0.2) is 0 Å². The Labute approximate surface area is 104 Å². The van der Waals surface area contributed by atoms with E-state index in [0.29, 0.717) is 25.9 Å². The Balaban J connectivity index is 2.62. The van der Waals surface area contributed by atoms with Crippen LogP contribution in [-0.4, -0.2) is 37.3 Å². The molecule has 0 aliphatic carbocycles. The number of sulfonamides is 1. The van der Waals surface area contributed by atoms with E-state index >= 15 is 0 Å². The van der Waals surface area contributed by atoms with Gasteiger partial charge in [0, 0.05) is 19.0 Å². The quantitative estimate of drug-likeness (QED) is 0.776. The molecule has 0 bridgehead atoms. The predicted molar refractivity (Wildman–Crippen MR) is 68.2 cm³/mol. The van der Waals surface area contributed by atoms with Crippen LogP contribution in [0.25, 0.3) is 0 Å². The first-order chi connectivity index (χ1) is 7.62. The van der Waals surface area contributed by atoms with Gasteiger partial charge in [0.1, 0.15) is 5.78 Å². The molecule has 1 aliphatic rings. The van der Waals surface area contributed by atoms with E-state index in [1.54, 1.807) is 6.92 Å². The minimum absolute atomic E-state index is 0.0519. The van der Waals surface area contributed by atoms with Crippen molar-refractivity contribution in [3.05, 3.63) is 0 Å². The molecule has 1 rings (SSSR count). The summed E-state index contributed by atoms with van der Waals surface area (Å²) in [4.78, 5) is 11.2. The van der Waals surface area contributed by atoms with Crippen LogP contribution < -0.4 is 0 Å². The highest BCUT2D eigenvalue weighted by molar-refractivity contribution is 7.89. The average Bonchev–Trinajstić information content (AvgIpc) is 2.14. The summed E-state index contributed by atoms with van der Waals surface area (Å²) in [5.74, 6) is 0.402. The number of hydrogen-bond acceptors (Lipinski definition) is 3. The first-order valence-electron chi connectivity index (χ1n) is 6.10. The van der Waals surface area contributed by atoms with Gasteiger partial charge in [0.2, 0.25) is 10.0 Å². The van der Waals surface area contributed by atoms with E-state index in [0.717, 1.165) is 0 Å². The second kappa shape index (κ2) is 5.06. The van der Waals surface area contributed by atoms with Gasteiger partial charge in [-0.05, 0) is 25.2 Å². The Kier molecular flexibility index (Phi) is 4.36. The van der Waals surface area contributed by atoms with Crippen molar-refractivity contribution in [1.29, 1.82) is 0 Å². The Morgan fingerprint density at radius 3 is 2.06 bits per heavy atom. The van der Waals surface area contributed by atoms with Crippen molar-refractivity contribution in [3.8, 4) is 0 Å². The minimum Gasteiger partial charge on any atom is -0.300 e. The zero-order valence-electron chi connectivity index (χ0n) is 11.2. The van der Waals surface area contributed by atoms with E-state index < -0.39 is 10.0 Å². The highest BCUT2D eigenvalue weighted by Crippen LogP contribution is 2.24. The molecule has 5 heteroatoms. The number of ketones is 1. The second-order valence-corrected chi connectivity index (χ2v) is 8.07. The van der Waals surface area contributed by atoms with Crippen LogP contribution in [0.5, 0.6) is 0 Å². The Morgan fingerprint density at radius 2 is 1.71 bits per heavy atom. The van der Waals surface area contributed by atoms with Crippen LogP contribution in [0, 0.1) is 11.3 Å². The molecule has 0 atom stereocenters. The van der Waals surface area contributed by atoms with Crippen LogP contribution in [0.4, 0.5) is 0 Å². The van der Waals surface area contributed by atoms with Crippen molar-refractivity contribution in [2.75, 3.05) is 18.8 Å². The molecule has 0 spiro atoms. The van der Waals surface area contributed by atoms with Gasteiger partial charge in [-0.25, -0.2) is 12.7 Å². The normalized spacial score (nSPS) is 20.5. The summed E-state index contributed by atoms with van der Waals surface area (Å²) in [6.45, 7) is 8.34. The number of hydrogen-bond donors (Lipinski definition) is 0. The fourth-order valence-electron chi connectivity index (χ4n) is 2.18. The topological polar surface area (TPSA) is 54.5 Å². The number of carbonyl (C=O) groups excluding carboxylic acids is 1. The molecule has 17 heavy (non-hydrogen) atoms. The van der Waals surface area contributed by atoms with Crippen molar-refractivity contribution in [1.82, 2.24) is 4.31 Å². The van der Waals surface area contributed by atoms with Crippen LogP contribution in [0.2, 0.25) is 0 Å². The molecule has 0 unspecified atom stereocenters. The first-order valence-corrected chi connectivity index (χ1v) is 7.71. The lowest BCUT2D eigenvalue weighted by atomic mass is 9.95. The van der Waals surface area contributed by atoms with Crippen LogP contribution in [-0.2, 0) is 14.8 Å². The number of piperidine rings is 1. The van der Waals surface area contributed by atoms with Crippen molar-refractivity contribution >= 4 is 15.8 Å². The van der Waals surface area contributed by atoms with E-state index in [2.05, 4.69) is 0 Å². The van der Waals surface area contributed by atoms with Gasteiger partial charge in [0.05, 0.1) is 5.75 Å². The molecule has 4 nitrogen and oxygen atoms in total. The average molecular weight is 261 g/mol. The maximum Gasteiger partial charge on any atom is 0.214 e. The van der Waals surface area contributed by atoms with Gasteiger partial charge in [0.25, 0.3) is 0 Å². The summed E-state index contributed by atoms with van der Waals surface area (Å²) < 4.78 is 25.8. The molecule has 0 saturated carbocycles. The van der Waals surface area contributed by atoms with Gasteiger partial charge in [0.15, 0.2) is 0 Å². The molecule has 1 aliphatic heterocycles. The fourth-order valence-corrected chi connectivity index (χ4v) is 4.22. The van der Waals surface area contributed by atoms with Crippen LogP contribution in [0.1, 0.15) is 40.5 Å². The number of carbonyl (C=O) groups is 1. The lowest BCUT2D eigenvalue weighted by molar-refractivity contribution is -0.121. The van der Waals surface area contributed by atoms with Gasteiger partial charge in [-0.1, -0.05) is 20.8 Å². The minimum atomic E-state index is -3.17. The van der Waals surface area contributed by atoms with E-state index in [-0.39, 0.29) is 22.9 Å². The van der Waals surface area contributed by atoms with Crippen molar-refractivity contribution in [2.24, 2.45) is 11.3 Å². The molecular weight excluding hydrogens is 238 g/mol.